The second-order valence-electron chi connectivity index (χ2n) is 10.3. The van der Waals surface area contributed by atoms with Crippen molar-refractivity contribution in [3.05, 3.63) is 71.4 Å². The van der Waals surface area contributed by atoms with Gasteiger partial charge in [-0.05, 0) is 99.0 Å². The number of pyridine rings is 1. The van der Waals surface area contributed by atoms with Gasteiger partial charge in [0.05, 0.1) is 30.2 Å². The molecule has 6 nitrogen and oxygen atoms in total. The Morgan fingerprint density at radius 1 is 1.18 bits per heavy atom. The number of aliphatic hydroxyl groups excluding tert-OH is 1. The van der Waals surface area contributed by atoms with Crippen molar-refractivity contribution in [1.82, 2.24) is 9.88 Å². The van der Waals surface area contributed by atoms with Gasteiger partial charge >= 0.3 is 12.1 Å². The molecule has 39 heavy (non-hydrogen) atoms. The summed E-state index contributed by atoms with van der Waals surface area (Å²) in [6, 6.07) is 13.0. The first kappa shape index (κ1) is 28.8. The van der Waals surface area contributed by atoms with Gasteiger partial charge in [0.1, 0.15) is 5.75 Å². The lowest BCUT2D eigenvalue weighted by Crippen LogP contribution is -2.44. The molecule has 2 aromatic carbocycles. The van der Waals surface area contributed by atoms with E-state index in [1.54, 1.807) is 25.4 Å². The van der Waals surface area contributed by atoms with E-state index in [0.717, 1.165) is 29.1 Å². The molecular weight excluding hydrogens is 509 g/mol. The van der Waals surface area contributed by atoms with E-state index >= 15 is 0 Å². The molecule has 0 spiro atoms. The van der Waals surface area contributed by atoms with Gasteiger partial charge in [-0.2, -0.15) is 13.2 Å². The molecule has 0 radical (unpaired) electrons. The highest BCUT2D eigenvalue weighted by Crippen LogP contribution is 2.35. The highest BCUT2D eigenvalue weighted by Gasteiger charge is 2.35. The molecule has 0 amide bonds. The molecule has 3 atom stereocenters. The molecule has 1 aliphatic heterocycles. The lowest BCUT2D eigenvalue weighted by atomic mass is 9.81. The van der Waals surface area contributed by atoms with Crippen LogP contribution >= 0.6 is 0 Å². The summed E-state index contributed by atoms with van der Waals surface area (Å²) in [5.74, 6) is -0.787. The van der Waals surface area contributed by atoms with Gasteiger partial charge in [0.2, 0.25) is 0 Å². The Bertz CT molecular complexity index is 1270. The first-order chi connectivity index (χ1) is 18.7. The molecule has 0 saturated carbocycles. The summed E-state index contributed by atoms with van der Waals surface area (Å²) in [5, 5.41) is 21.7. The van der Waals surface area contributed by atoms with Crippen molar-refractivity contribution < 1.29 is 32.9 Å². The standard InChI is InChI=1S/C30H35F3N2O4/c1-39-22-10-11-27-24(18-22)23(13-15-34-27)28(36)12-9-20-14-17-35(19-25(20)29(37)38)16-5-4-7-21-6-2-3-8-26(21)30(31,32)33/h2-3,6,8,10-11,13,15,18,20,25,28,36H,4-5,7,9,12,14,16-17,19H2,1H3,(H,37,38)/t20-,25+,28-/m1/s1. The molecule has 1 aromatic heterocycles. The van der Waals surface area contributed by atoms with E-state index < -0.39 is 29.7 Å². The van der Waals surface area contributed by atoms with Crippen molar-refractivity contribution in [3.8, 4) is 5.75 Å². The largest absolute Gasteiger partial charge is 0.497 e. The number of hydrogen-bond acceptors (Lipinski definition) is 5. The number of aryl methyl sites for hydroxylation is 1. The van der Waals surface area contributed by atoms with Gasteiger partial charge in [-0.15, -0.1) is 0 Å². The zero-order valence-corrected chi connectivity index (χ0v) is 22.0. The van der Waals surface area contributed by atoms with Crippen molar-refractivity contribution >= 4 is 16.9 Å². The number of alkyl halides is 3. The molecule has 4 rings (SSSR count). The van der Waals surface area contributed by atoms with Gasteiger partial charge in [0.15, 0.2) is 0 Å². The van der Waals surface area contributed by atoms with Crippen LogP contribution in [0.15, 0.2) is 54.7 Å². The SMILES string of the molecule is COc1ccc2nccc([C@H](O)CC[C@@H]3CCN(CCCCc4ccccc4C(F)(F)F)C[C@@H]3C(=O)O)c2c1. The highest BCUT2D eigenvalue weighted by molar-refractivity contribution is 5.83. The quantitative estimate of drug-likeness (QED) is 0.283. The third-order valence-corrected chi connectivity index (χ3v) is 7.80. The summed E-state index contributed by atoms with van der Waals surface area (Å²) >= 11 is 0. The number of rotatable bonds is 11. The highest BCUT2D eigenvalue weighted by atomic mass is 19.4. The van der Waals surface area contributed by atoms with Crippen LogP contribution in [0.2, 0.25) is 0 Å². The predicted molar refractivity (Wildman–Crippen MR) is 143 cm³/mol. The number of unbranched alkanes of at least 4 members (excludes halogenated alkanes) is 1. The number of carboxylic acids is 1. The van der Waals surface area contributed by atoms with Crippen molar-refractivity contribution in [2.45, 2.75) is 50.8 Å². The van der Waals surface area contributed by atoms with Crippen molar-refractivity contribution in [1.29, 1.82) is 0 Å². The van der Waals surface area contributed by atoms with Crippen molar-refractivity contribution in [2.75, 3.05) is 26.7 Å². The average Bonchev–Trinajstić information content (AvgIpc) is 2.93. The summed E-state index contributed by atoms with van der Waals surface area (Å²) in [7, 11) is 1.58. The maximum absolute atomic E-state index is 13.2. The minimum Gasteiger partial charge on any atom is -0.497 e. The third kappa shape index (κ3) is 7.28. The van der Waals surface area contributed by atoms with Crippen LogP contribution in [-0.2, 0) is 17.4 Å². The molecule has 9 heteroatoms. The second kappa shape index (κ2) is 12.8. The topological polar surface area (TPSA) is 82.9 Å². The molecule has 210 valence electrons. The Labute approximate surface area is 226 Å². The van der Waals surface area contributed by atoms with Gasteiger partial charge in [-0.1, -0.05) is 18.2 Å². The molecule has 1 saturated heterocycles. The molecule has 3 aromatic rings. The molecule has 2 N–H and O–H groups in total. The van der Waals surface area contributed by atoms with Crippen molar-refractivity contribution in [2.24, 2.45) is 11.8 Å². The molecule has 1 fully saturated rings. The summed E-state index contributed by atoms with van der Waals surface area (Å²) in [4.78, 5) is 18.6. The number of likely N-dealkylation sites (tertiary alicyclic amines) is 1. The fourth-order valence-electron chi connectivity index (χ4n) is 5.65. The van der Waals surface area contributed by atoms with Gasteiger partial charge in [0, 0.05) is 18.1 Å². The Morgan fingerprint density at radius 3 is 2.72 bits per heavy atom. The Balaban J connectivity index is 1.29. The number of hydrogen-bond donors (Lipinski definition) is 2. The zero-order valence-electron chi connectivity index (χ0n) is 22.0. The Kier molecular flexibility index (Phi) is 9.45. The Morgan fingerprint density at radius 2 is 1.97 bits per heavy atom. The first-order valence-electron chi connectivity index (χ1n) is 13.4. The fourth-order valence-corrected chi connectivity index (χ4v) is 5.65. The minimum absolute atomic E-state index is 0.0605. The minimum atomic E-state index is -4.36. The molecule has 0 bridgehead atoms. The maximum Gasteiger partial charge on any atom is 0.416 e. The van der Waals surface area contributed by atoms with E-state index in [-0.39, 0.29) is 5.92 Å². The van der Waals surface area contributed by atoms with E-state index in [2.05, 4.69) is 9.88 Å². The molecule has 0 aliphatic carbocycles. The van der Waals surface area contributed by atoms with Crippen LogP contribution in [0.4, 0.5) is 13.2 Å². The molecule has 0 unspecified atom stereocenters. The molecule has 1 aliphatic rings. The average molecular weight is 545 g/mol. The van der Waals surface area contributed by atoms with Crippen LogP contribution in [0.5, 0.6) is 5.75 Å². The van der Waals surface area contributed by atoms with Gasteiger partial charge in [-0.25, -0.2) is 0 Å². The van der Waals surface area contributed by atoms with Crippen LogP contribution in [0.3, 0.4) is 0 Å². The summed E-state index contributed by atoms with van der Waals surface area (Å²) in [6.45, 7) is 1.79. The number of piperidine rings is 1. The zero-order chi connectivity index (χ0) is 28.0. The number of ether oxygens (including phenoxy) is 1. The smallest absolute Gasteiger partial charge is 0.416 e. The number of halogens is 3. The number of aromatic nitrogens is 1. The third-order valence-electron chi connectivity index (χ3n) is 7.80. The number of aliphatic carboxylic acids is 1. The predicted octanol–water partition coefficient (Wildman–Crippen LogP) is 6.12. The van der Waals surface area contributed by atoms with Crippen molar-refractivity contribution in [3.63, 3.8) is 0 Å². The maximum atomic E-state index is 13.2. The van der Waals surface area contributed by atoms with Crippen LogP contribution in [0.25, 0.3) is 10.9 Å². The van der Waals surface area contributed by atoms with Gasteiger partial charge < -0.3 is 19.8 Å². The van der Waals surface area contributed by atoms with Gasteiger partial charge in [0.25, 0.3) is 0 Å². The molecular formula is C30H35F3N2O4. The number of carbonyl (C=O) groups is 1. The Hall–Kier alpha value is -3.17. The lowest BCUT2D eigenvalue weighted by molar-refractivity contribution is -0.146. The van der Waals surface area contributed by atoms with E-state index in [1.807, 2.05) is 18.2 Å². The summed E-state index contributed by atoms with van der Waals surface area (Å²) in [6.07, 6.45) is -0.117. The fraction of sp³-hybridized carbons (Fsp3) is 0.467. The van der Waals surface area contributed by atoms with Crippen LogP contribution < -0.4 is 4.74 Å². The first-order valence-corrected chi connectivity index (χ1v) is 13.4. The molecule has 2 heterocycles. The number of benzene rings is 2. The van der Waals surface area contributed by atoms with Crippen LogP contribution in [0.1, 0.15) is 54.9 Å². The number of methoxy groups -OCH3 is 1. The summed E-state index contributed by atoms with van der Waals surface area (Å²) in [5.41, 5.74) is 1.21. The lowest BCUT2D eigenvalue weighted by Gasteiger charge is -2.37. The summed E-state index contributed by atoms with van der Waals surface area (Å²) < 4.78 is 45.0. The number of fused-ring (bicyclic) bond motifs is 1. The van der Waals surface area contributed by atoms with E-state index in [9.17, 15) is 28.2 Å². The monoisotopic (exact) mass is 544 g/mol. The van der Waals surface area contributed by atoms with Gasteiger partial charge in [-0.3, -0.25) is 9.78 Å². The second-order valence-corrected chi connectivity index (χ2v) is 10.3. The number of aliphatic hydroxyl groups is 1. The number of carboxylic acid groups (broad SMARTS) is 1. The van der Waals surface area contributed by atoms with E-state index in [0.29, 0.717) is 62.9 Å². The van der Waals surface area contributed by atoms with E-state index in [4.69, 9.17) is 4.74 Å². The van der Waals surface area contributed by atoms with E-state index in [1.165, 1.54) is 12.1 Å². The van der Waals surface area contributed by atoms with Crippen LogP contribution in [-0.4, -0.2) is 52.8 Å². The number of nitrogens with zero attached hydrogens (tertiary/aromatic N) is 2. The van der Waals surface area contributed by atoms with Crippen LogP contribution in [0, 0.1) is 11.8 Å². The normalized spacial score (nSPS) is 19.2.